The molecule has 1 atom stereocenters. The number of carbonyl (C=O) groups excluding carboxylic acids is 1. The van der Waals surface area contributed by atoms with Gasteiger partial charge in [-0.25, -0.2) is 4.68 Å². The quantitative estimate of drug-likeness (QED) is 0.344. The van der Waals surface area contributed by atoms with Crippen LogP contribution in [0.4, 0.5) is 11.6 Å². The first-order valence-electron chi connectivity index (χ1n) is 11.6. The molecule has 0 fully saturated rings. The third kappa shape index (κ3) is 4.61. The van der Waals surface area contributed by atoms with Crippen molar-refractivity contribution in [3.63, 3.8) is 0 Å². The van der Waals surface area contributed by atoms with Crippen LogP contribution in [0.15, 0.2) is 72.2 Å². The minimum atomic E-state index is -0.683. The van der Waals surface area contributed by atoms with Crippen LogP contribution in [0.2, 0.25) is 5.02 Å². The lowest BCUT2D eigenvalue weighted by Gasteiger charge is -2.29. The van der Waals surface area contributed by atoms with Gasteiger partial charge in [0.1, 0.15) is 6.04 Å². The SMILES string of the molecule is COc1cc(C2C(C(=O)Nc3cccnc3)=C(C)Nc3nc(-c4cccc(Cl)c4)nn32)cc(OC)c1OC. The number of pyridine rings is 1. The van der Waals surface area contributed by atoms with Crippen LogP contribution in [-0.2, 0) is 4.79 Å². The highest BCUT2D eigenvalue weighted by molar-refractivity contribution is 6.30. The van der Waals surface area contributed by atoms with Gasteiger partial charge in [0.25, 0.3) is 5.91 Å². The predicted octanol–water partition coefficient (Wildman–Crippen LogP) is 4.95. The molecule has 1 amide bonds. The van der Waals surface area contributed by atoms with Crippen molar-refractivity contribution < 1.29 is 19.0 Å². The fourth-order valence-electron chi connectivity index (χ4n) is 4.40. The predicted molar refractivity (Wildman–Crippen MR) is 144 cm³/mol. The number of aromatic nitrogens is 4. The van der Waals surface area contributed by atoms with E-state index in [4.69, 9.17) is 35.9 Å². The molecule has 3 heterocycles. The van der Waals surface area contributed by atoms with Crippen LogP contribution in [0.25, 0.3) is 11.4 Å². The number of ether oxygens (including phenoxy) is 3. The van der Waals surface area contributed by atoms with Crippen molar-refractivity contribution in [3.8, 4) is 28.6 Å². The molecule has 11 heteroatoms. The number of rotatable bonds is 7. The van der Waals surface area contributed by atoms with Crippen LogP contribution in [0.5, 0.6) is 17.2 Å². The number of amides is 1. The van der Waals surface area contributed by atoms with Gasteiger partial charge in [0.2, 0.25) is 11.7 Å². The van der Waals surface area contributed by atoms with E-state index < -0.39 is 6.04 Å². The zero-order valence-electron chi connectivity index (χ0n) is 21.2. The standard InChI is InChI=1S/C27H25ClN6O4/c1-15-22(26(35)31-19-9-6-10-29-14-19)23(17-12-20(36-2)24(38-4)21(13-17)37-3)34-27(30-15)32-25(33-34)16-7-5-8-18(28)11-16/h5-14,23H,1-4H3,(H,31,35)(H,30,32,33). The third-order valence-corrected chi connectivity index (χ3v) is 6.34. The topological polar surface area (TPSA) is 112 Å². The molecule has 2 N–H and O–H groups in total. The number of allylic oxidation sites excluding steroid dienone is 1. The van der Waals surface area contributed by atoms with Crippen molar-refractivity contribution in [2.24, 2.45) is 0 Å². The summed E-state index contributed by atoms with van der Waals surface area (Å²) in [6, 6.07) is 13.7. The second kappa shape index (κ2) is 10.4. The first-order chi connectivity index (χ1) is 18.4. The van der Waals surface area contributed by atoms with Crippen LogP contribution in [0.1, 0.15) is 18.5 Å². The Kier molecular flexibility index (Phi) is 6.89. The molecule has 194 valence electrons. The lowest BCUT2D eigenvalue weighted by atomic mass is 9.94. The number of carbonyl (C=O) groups is 1. The van der Waals surface area contributed by atoms with E-state index in [9.17, 15) is 4.79 Å². The summed E-state index contributed by atoms with van der Waals surface area (Å²) in [5.41, 5.74) is 3.02. The summed E-state index contributed by atoms with van der Waals surface area (Å²) in [4.78, 5) is 22.5. The van der Waals surface area contributed by atoms with Gasteiger partial charge in [-0.2, -0.15) is 4.98 Å². The summed E-state index contributed by atoms with van der Waals surface area (Å²) in [5.74, 6) is 1.92. The molecule has 10 nitrogen and oxygen atoms in total. The number of fused-ring (bicyclic) bond motifs is 1. The molecule has 0 radical (unpaired) electrons. The molecule has 1 aliphatic heterocycles. The van der Waals surface area contributed by atoms with Crippen LogP contribution in [0, 0.1) is 0 Å². The van der Waals surface area contributed by atoms with E-state index in [1.807, 2.05) is 19.1 Å². The van der Waals surface area contributed by atoms with E-state index in [-0.39, 0.29) is 5.91 Å². The Morgan fingerprint density at radius 1 is 1.05 bits per heavy atom. The van der Waals surface area contributed by atoms with Gasteiger partial charge in [-0.15, -0.1) is 5.10 Å². The molecule has 0 saturated carbocycles. The Bertz CT molecular complexity index is 1510. The number of nitrogens with zero attached hydrogens (tertiary/aromatic N) is 4. The first kappa shape index (κ1) is 25.1. The second-order valence-electron chi connectivity index (χ2n) is 8.43. The Hall–Kier alpha value is -4.57. The van der Waals surface area contributed by atoms with E-state index in [1.165, 1.54) is 7.11 Å². The lowest BCUT2D eigenvalue weighted by Crippen LogP contribution is -2.31. The summed E-state index contributed by atoms with van der Waals surface area (Å²) in [5, 5.41) is 11.5. The van der Waals surface area contributed by atoms with Crippen molar-refractivity contribution in [3.05, 3.63) is 82.8 Å². The van der Waals surface area contributed by atoms with Gasteiger partial charge in [-0.1, -0.05) is 23.7 Å². The van der Waals surface area contributed by atoms with Crippen molar-refractivity contribution >= 4 is 29.1 Å². The molecule has 0 aliphatic carbocycles. The molecule has 2 aromatic heterocycles. The van der Waals surface area contributed by atoms with Gasteiger partial charge < -0.3 is 24.8 Å². The molecule has 1 aliphatic rings. The fourth-order valence-corrected chi connectivity index (χ4v) is 4.59. The van der Waals surface area contributed by atoms with Crippen molar-refractivity contribution in [1.29, 1.82) is 0 Å². The van der Waals surface area contributed by atoms with Crippen LogP contribution >= 0.6 is 11.6 Å². The largest absolute Gasteiger partial charge is 0.493 e. The number of hydrogen-bond donors (Lipinski definition) is 2. The molecule has 0 bridgehead atoms. The normalized spacial score (nSPS) is 14.4. The average molecular weight is 533 g/mol. The molecule has 2 aromatic carbocycles. The maximum Gasteiger partial charge on any atom is 0.255 e. The summed E-state index contributed by atoms with van der Waals surface area (Å²) in [6.45, 7) is 1.82. The van der Waals surface area contributed by atoms with Crippen molar-refractivity contribution in [2.45, 2.75) is 13.0 Å². The van der Waals surface area contributed by atoms with Crippen molar-refractivity contribution in [1.82, 2.24) is 19.7 Å². The molecule has 4 aromatic rings. The van der Waals surface area contributed by atoms with E-state index in [0.717, 1.165) is 5.56 Å². The van der Waals surface area contributed by atoms with E-state index in [0.29, 0.717) is 56.6 Å². The van der Waals surface area contributed by atoms with Crippen LogP contribution < -0.4 is 24.8 Å². The van der Waals surface area contributed by atoms with E-state index in [2.05, 4.69) is 15.6 Å². The second-order valence-corrected chi connectivity index (χ2v) is 8.87. The molecule has 38 heavy (non-hydrogen) atoms. The Morgan fingerprint density at radius 2 is 1.82 bits per heavy atom. The van der Waals surface area contributed by atoms with E-state index >= 15 is 0 Å². The zero-order chi connectivity index (χ0) is 26.8. The minimum Gasteiger partial charge on any atom is -0.493 e. The molecular weight excluding hydrogens is 508 g/mol. The summed E-state index contributed by atoms with van der Waals surface area (Å²) in [6.07, 6.45) is 3.22. The summed E-state index contributed by atoms with van der Waals surface area (Å²) < 4.78 is 18.4. The maximum atomic E-state index is 13.7. The number of hydrogen-bond acceptors (Lipinski definition) is 8. The zero-order valence-corrected chi connectivity index (χ0v) is 21.9. The van der Waals surface area contributed by atoms with Crippen molar-refractivity contribution in [2.75, 3.05) is 32.0 Å². The highest BCUT2D eigenvalue weighted by Crippen LogP contribution is 2.44. The first-order valence-corrected chi connectivity index (χ1v) is 12.0. The Balaban J connectivity index is 1.68. The van der Waals surface area contributed by atoms with E-state index in [1.54, 1.807) is 67.7 Å². The van der Waals surface area contributed by atoms with Gasteiger partial charge in [-0.3, -0.25) is 9.78 Å². The van der Waals surface area contributed by atoms with Gasteiger partial charge in [0.15, 0.2) is 17.3 Å². The monoisotopic (exact) mass is 532 g/mol. The number of anilines is 2. The van der Waals surface area contributed by atoms with Crippen LogP contribution in [-0.4, -0.2) is 47.0 Å². The summed E-state index contributed by atoms with van der Waals surface area (Å²) >= 11 is 6.22. The minimum absolute atomic E-state index is 0.327. The molecule has 0 saturated heterocycles. The Labute approximate surface area is 224 Å². The van der Waals surface area contributed by atoms with Gasteiger partial charge in [0, 0.05) is 22.5 Å². The van der Waals surface area contributed by atoms with Gasteiger partial charge >= 0.3 is 0 Å². The lowest BCUT2D eigenvalue weighted by molar-refractivity contribution is -0.113. The average Bonchev–Trinajstić information content (AvgIpc) is 3.35. The molecule has 1 unspecified atom stereocenters. The number of methoxy groups -OCH3 is 3. The Morgan fingerprint density at radius 3 is 2.45 bits per heavy atom. The maximum absolute atomic E-state index is 13.7. The fraction of sp³-hybridized carbons (Fsp3) is 0.185. The highest BCUT2D eigenvalue weighted by atomic mass is 35.5. The third-order valence-electron chi connectivity index (χ3n) is 6.10. The molecule has 0 spiro atoms. The van der Waals surface area contributed by atoms with Crippen LogP contribution in [0.3, 0.4) is 0 Å². The highest BCUT2D eigenvalue weighted by Gasteiger charge is 2.36. The number of halogens is 1. The van der Waals surface area contributed by atoms with Gasteiger partial charge in [-0.05, 0) is 48.9 Å². The smallest absolute Gasteiger partial charge is 0.255 e. The molecular formula is C27H25ClN6O4. The number of benzene rings is 2. The van der Waals surface area contributed by atoms with Gasteiger partial charge in [0.05, 0.1) is 38.8 Å². The molecule has 5 rings (SSSR count). The number of nitrogens with one attached hydrogen (secondary N) is 2. The summed E-state index contributed by atoms with van der Waals surface area (Å²) in [7, 11) is 4.62.